The number of carbonyl (C=O) groups excluding carboxylic acids is 1. The zero-order valence-electron chi connectivity index (χ0n) is 9.26. The van der Waals surface area contributed by atoms with Gasteiger partial charge >= 0.3 is 0 Å². The molecule has 0 aromatic heterocycles. The molecule has 0 aliphatic heterocycles. The van der Waals surface area contributed by atoms with E-state index < -0.39 is 0 Å². The van der Waals surface area contributed by atoms with Crippen LogP contribution >= 0.6 is 11.6 Å². The van der Waals surface area contributed by atoms with E-state index in [-0.39, 0.29) is 0 Å². The van der Waals surface area contributed by atoms with Gasteiger partial charge in [0, 0.05) is 12.0 Å². The smallest absolute Gasteiger partial charge is 0.126 e. The summed E-state index contributed by atoms with van der Waals surface area (Å²) in [6, 6.07) is 1.99. The molecule has 1 aromatic rings. The summed E-state index contributed by atoms with van der Waals surface area (Å²) in [4.78, 5) is 10.4. The molecule has 0 N–H and O–H groups in total. The van der Waals surface area contributed by atoms with Crippen molar-refractivity contribution in [2.24, 2.45) is 0 Å². The molecule has 0 amide bonds. The number of ether oxygens (including phenoxy) is 1. The van der Waals surface area contributed by atoms with Crippen LogP contribution in [0.1, 0.15) is 23.1 Å². The molecule has 82 valence electrons. The van der Waals surface area contributed by atoms with Gasteiger partial charge in [-0.05, 0) is 31.4 Å². The molecule has 15 heavy (non-hydrogen) atoms. The summed E-state index contributed by atoms with van der Waals surface area (Å²) in [5.74, 6) is 0.799. The van der Waals surface area contributed by atoms with Gasteiger partial charge in [-0.15, -0.1) is 0 Å². The predicted molar refractivity (Wildman–Crippen MR) is 61.9 cm³/mol. The lowest BCUT2D eigenvalue weighted by Crippen LogP contribution is -1.98. The molecule has 0 radical (unpaired) electrons. The lowest BCUT2D eigenvalue weighted by molar-refractivity contribution is -0.107. The molecule has 1 rings (SSSR count). The van der Waals surface area contributed by atoms with Crippen LogP contribution in [0.5, 0.6) is 5.75 Å². The van der Waals surface area contributed by atoms with Crippen LogP contribution in [0.2, 0.25) is 5.02 Å². The first-order valence-corrected chi connectivity index (χ1v) is 5.25. The number of aryl methyl sites for hydroxylation is 2. The third kappa shape index (κ3) is 2.51. The molecule has 0 saturated carbocycles. The van der Waals surface area contributed by atoms with Crippen molar-refractivity contribution in [1.82, 2.24) is 0 Å². The molecule has 0 unspecified atom stereocenters. The van der Waals surface area contributed by atoms with Crippen LogP contribution in [0.3, 0.4) is 0 Å². The van der Waals surface area contributed by atoms with Crippen molar-refractivity contribution in [2.45, 2.75) is 26.7 Å². The normalized spacial score (nSPS) is 10.1. The Labute approximate surface area is 95.2 Å². The maximum absolute atomic E-state index is 10.4. The van der Waals surface area contributed by atoms with E-state index in [0.29, 0.717) is 17.9 Å². The lowest BCUT2D eigenvalue weighted by Gasteiger charge is -2.14. The largest absolute Gasteiger partial charge is 0.496 e. The predicted octanol–water partition coefficient (Wildman–Crippen LogP) is 3.10. The topological polar surface area (TPSA) is 26.3 Å². The molecule has 0 saturated heterocycles. The maximum atomic E-state index is 10.4. The van der Waals surface area contributed by atoms with Gasteiger partial charge in [0.1, 0.15) is 12.0 Å². The first kappa shape index (κ1) is 12.1. The van der Waals surface area contributed by atoms with E-state index in [2.05, 4.69) is 0 Å². The Morgan fingerprint density at radius 1 is 1.40 bits per heavy atom. The standard InChI is InChI=1S/C12H15ClO2/c1-8-7-9(2)12(15-3)10(11(8)13)5-4-6-14/h6-7H,4-5H2,1-3H3. The van der Waals surface area contributed by atoms with Crippen LogP contribution in [-0.4, -0.2) is 13.4 Å². The van der Waals surface area contributed by atoms with E-state index in [1.54, 1.807) is 7.11 Å². The number of carbonyl (C=O) groups is 1. The van der Waals surface area contributed by atoms with E-state index in [1.807, 2.05) is 19.9 Å². The molecule has 2 nitrogen and oxygen atoms in total. The van der Waals surface area contributed by atoms with Gasteiger partial charge in [-0.1, -0.05) is 17.7 Å². The number of benzene rings is 1. The van der Waals surface area contributed by atoms with Gasteiger partial charge in [0.2, 0.25) is 0 Å². The van der Waals surface area contributed by atoms with Crippen LogP contribution in [0.25, 0.3) is 0 Å². The van der Waals surface area contributed by atoms with Gasteiger partial charge in [0.15, 0.2) is 0 Å². The maximum Gasteiger partial charge on any atom is 0.126 e. The molecular formula is C12H15ClO2. The molecule has 3 heteroatoms. The number of hydrogen-bond donors (Lipinski definition) is 0. The molecule has 0 bridgehead atoms. The van der Waals surface area contributed by atoms with Crippen molar-refractivity contribution in [3.63, 3.8) is 0 Å². The van der Waals surface area contributed by atoms with Crippen molar-refractivity contribution in [1.29, 1.82) is 0 Å². The second-order valence-electron chi connectivity index (χ2n) is 3.54. The first-order chi connectivity index (χ1) is 7.11. The minimum atomic E-state index is 0.471. The van der Waals surface area contributed by atoms with Gasteiger partial charge in [-0.2, -0.15) is 0 Å². The molecule has 0 fully saturated rings. The van der Waals surface area contributed by atoms with Crippen molar-refractivity contribution in [3.05, 3.63) is 27.8 Å². The minimum Gasteiger partial charge on any atom is -0.496 e. The average Bonchev–Trinajstić information content (AvgIpc) is 2.21. The quantitative estimate of drug-likeness (QED) is 0.738. The molecule has 0 aliphatic rings. The Kier molecular flexibility index (Phi) is 4.15. The number of methoxy groups -OCH3 is 1. The van der Waals surface area contributed by atoms with E-state index in [1.165, 1.54) is 0 Å². The summed E-state index contributed by atoms with van der Waals surface area (Å²) in [5.41, 5.74) is 3.01. The van der Waals surface area contributed by atoms with E-state index in [4.69, 9.17) is 16.3 Å². The fourth-order valence-electron chi connectivity index (χ4n) is 1.74. The highest BCUT2D eigenvalue weighted by atomic mass is 35.5. The van der Waals surface area contributed by atoms with Crippen molar-refractivity contribution >= 4 is 17.9 Å². The summed E-state index contributed by atoms with van der Waals surface area (Å²) >= 11 is 6.19. The van der Waals surface area contributed by atoms with Crippen LogP contribution in [0.4, 0.5) is 0 Å². The number of rotatable bonds is 4. The number of aldehydes is 1. The molecule has 0 aliphatic carbocycles. The van der Waals surface area contributed by atoms with Crippen molar-refractivity contribution in [3.8, 4) is 5.75 Å². The Bertz CT molecular complexity index is 372. The average molecular weight is 227 g/mol. The third-order valence-corrected chi connectivity index (χ3v) is 2.92. The molecule has 1 aromatic carbocycles. The monoisotopic (exact) mass is 226 g/mol. The SMILES string of the molecule is COc1c(C)cc(C)c(Cl)c1CCC=O. The number of hydrogen-bond acceptors (Lipinski definition) is 2. The van der Waals surface area contributed by atoms with Crippen molar-refractivity contribution in [2.75, 3.05) is 7.11 Å². The van der Waals surface area contributed by atoms with Gasteiger partial charge in [-0.25, -0.2) is 0 Å². The zero-order valence-corrected chi connectivity index (χ0v) is 10.0. The fraction of sp³-hybridized carbons (Fsp3) is 0.417. The molecule has 0 heterocycles. The summed E-state index contributed by atoms with van der Waals surface area (Å²) in [6.07, 6.45) is 2.00. The minimum absolute atomic E-state index is 0.471. The van der Waals surface area contributed by atoms with E-state index in [0.717, 1.165) is 28.7 Å². The fourth-order valence-corrected chi connectivity index (χ4v) is 1.97. The summed E-state index contributed by atoms with van der Waals surface area (Å²) in [6.45, 7) is 3.94. The highest BCUT2D eigenvalue weighted by Gasteiger charge is 2.12. The Morgan fingerprint density at radius 2 is 2.07 bits per heavy atom. The second-order valence-corrected chi connectivity index (χ2v) is 3.92. The third-order valence-electron chi connectivity index (χ3n) is 2.39. The second kappa shape index (κ2) is 5.17. The van der Waals surface area contributed by atoms with Gasteiger partial charge in [0.05, 0.1) is 12.1 Å². The van der Waals surface area contributed by atoms with E-state index in [9.17, 15) is 4.79 Å². The lowest BCUT2D eigenvalue weighted by atomic mass is 10.0. The highest BCUT2D eigenvalue weighted by molar-refractivity contribution is 6.32. The Hall–Kier alpha value is -1.02. The van der Waals surface area contributed by atoms with Crippen LogP contribution in [-0.2, 0) is 11.2 Å². The summed E-state index contributed by atoms with van der Waals surface area (Å²) < 4.78 is 5.31. The van der Waals surface area contributed by atoms with Crippen molar-refractivity contribution < 1.29 is 9.53 Å². The molecule has 0 spiro atoms. The van der Waals surface area contributed by atoms with Gasteiger partial charge in [0.25, 0.3) is 0 Å². The molecular weight excluding hydrogens is 212 g/mol. The van der Waals surface area contributed by atoms with Crippen LogP contribution < -0.4 is 4.74 Å². The van der Waals surface area contributed by atoms with Crippen LogP contribution in [0, 0.1) is 13.8 Å². The zero-order chi connectivity index (χ0) is 11.4. The Balaban J connectivity index is 3.23. The first-order valence-electron chi connectivity index (χ1n) is 4.88. The highest BCUT2D eigenvalue weighted by Crippen LogP contribution is 2.33. The molecule has 0 atom stereocenters. The Morgan fingerprint density at radius 3 is 2.60 bits per heavy atom. The number of halogens is 1. The summed E-state index contributed by atoms with van der Waals surface area (Å²) in [5, 5.41) is 0.708. The van der Waals surface area contributed by atoms with Gasteiger partial charge in [-0.3, -0.25) is 0 Å². The van der Waals surface area contributed by atoms with Crippen LogP contribution in [0.15, 0.2) is 6.07 Å². The summed E-state index contributed by atoms with van der Waals surface area (Å²) in [7, 11) is 1.62. The van der Waals surface area contributed by atoms with Gasteiger partial charge < -0.3 is 9.53 Å². The van der Waals surface area contributed by atoms with E-state index >= 15 is 0 Å².